The Morgan fingerprint density at radius 1 is 1.11 bits per heavy atom. The number of benzene rings is 2. The number of carbonyl (C=O) groups is 1. The molecule has 3 rings (SSSR count). The van der Waals surface area contributed by atoms with Gasteiger partial charge in [-0.05, 0) is 74.5 Å². The predicted octanol–water partition coefficient (Wildman–Crippen LogP) is 3.57. The second-order valence-corrected chi connectivity index (χ2v) is 6.91. The summed E-state index contributed by atoms with van der Waals surface area (Å²) in [4.78, 5) is 12.5. The Morgan fingerprint density at radius 3 is 2.39 bits per heavy atom. The third-order valence-electron chi connectivity index (χ3n) is 4.81. The van der Waals surface area contributed by atoms with Crippen LogP contribution >= 0.6 is 12.4 Å². The molecule has 2 aromatic rings. The van der Waals surface area contributed by atoms with Gasteiger partial charge in [0, 0.05) is 6.04 Å². The van der Waals surface area contributed by atoms with Gasteiger partial charge in [-0.15, -0.1) is 12.4 Å². The van der Waals surface area contributed by atoms with Crippen molar-refractivity contribution in [2.45, 2.75) is 44.2 Å². The summed E-state index contributed by atoms with van der Waals surface area (Å²) >= 11 is 0. The number of hydrogen-bond acceptors (Lipinski definition) is 4. The molecule has 1 aliphatic carbocycles. The van der Waals surface area contributed by atoms with Crippen molar-refractivity contribution < 1.29 is 19.0 Å². The van der Waals surface area contributed by atoms with E-state index in [1.165, 1.54) is 18.2 Å². The summed E-state index contributed by atoms with van der Waals surface area (Å²) in [7, 11) is 0. The first-order valence-electron chi connectivity index (χ1n) is 9.30. The summed E-state index contributed by atoms with van der Waals surface area (Å²) in [5.74, 6) is -0.0474. The van der Waals surface area contributed by atoms with Crippen LogP contribution in [0.25, 0.3) is 0 Å². The maximum atomic E-state index is 14.1. The Kier molecular flexibility index (Phi) is 8.23. The second kappa shape index (κ2) is 10.4. The summed E-state index contributed by atoms with van der Waals surface area (Å²) in [6.07, 6.45) is 3.18. The topological polar surface area (TPSA) is 84.6 Å². The van der Waals surface area contributed by atoms with Gasteiger partial charge in [-0.2, -0.15) is 0 Å². The smallest absolute Gasteiger partial charge is 0.254 e. The monoisotopic (exact) mass is 408 g/mol. The first-order valence-corrected chi connectivity index (χ1v) is 9.30. The van der Waals surface area contributed by atoms with E-state index in [9.17, 15) is 14.3 Å². The maximum absolute atomic E-state index is 14.1. The van der Waals surface area contributed by atoms with Gasteiger partial charge in [-0.3, -0.25) is 4.79 Å². The highest BCUT2D eigenvalue weighted by Gasteiger charge is 2.22. The van der Waals surface area contributed by atoms with Crippen molar-refractivity contribution in [3.8, 4) is 11.5 Å². The average Bonchev–Trinajstić information content (AvgIpc) is 2.67. The second-order valence-electron chi connectivity index (χ2n) is 6.91. The van der Waals surface area contributed by atoms with Crippen LogP contribution in [0.1, 0.15) is 41.6 Å². The third kappa shape index (κ3) is 5.92. The lowest BCUT2D eigenvalue weighted by molar-refractivity contribution is 0.0863. The Bertz CT molecular complexity index is 778. The number of amides is 1. The molecule has 1 amide bonds. The molecule has 28 heavy (non-hydrogen) atoms. The van der Waals surface area contributed by atoms with Gasteiger partial charge in [0.1, 0.15) is 17.3 Å². The molecule has 0 aromatic heterocycles. The van der Waals surface area contributed by atoms with Crippen molar-refractivity contribution in [3.05, 3.63) is 59.4 Å². The molecule has 0 heterocycles. The summed E-state index contributed by atoms with van der Waals surface area (Å²) in [6.45, 7) is 0.580. The lowest BCUT2D eigenvalue weighted by atomic mass is 9.93. The third-order valence-corrected chi connectivity index (χ3v) is 4.81. The molecule has 0 saturated heterocycles. The number of aliphatic hydroxyl groups is 1. The Morgan fingerprint density at radius 2 is 1.75 bits per heavy atom. The van der Waals surface area contributed by atoms with Gasteiger partial charge in [0.15, 0.2) is 0 Å². The van der Waals surface area contributed by atoms with E-state index < -0.39 is 11.7 Å². The molecule has 1 aliphatic rings. The molecule has 5 nitrogen and oxygen atoms in total. The molecule has 0 spiro atoms. The number of nitrogens with one attached hydrogen (secondary N) is 1. The van der Waals surface area contributed by atoms with E-state index in [-0.39, 0.29) is 30.1 Å². The Labute approximate surface area is 170 Å². The van der Waals surface area contributed by atoms with Gasteiger partial charge in [-0.1, -0.05) is 12.1 Å². The van der Waals surface area contributed by atoms with Gasteiger partial charge >= 0.3 is 0 Å². The number of halogens is 2. The largest absolute Gasteiger partial charge is 0.457 e. The molecule has 4 N–H and O–H groups in total. The van der Waals surface area contributed by atoms with Gasteiger partial charge in [0.05, 0.1) is 11.7 Å². The zero-order valence-electron chi connectivity index (χ0n) is 15.6. The van der Waals surface area contributed by atoms with Crippen LogP contribution in [-0.2, 0) is 6.42 Å². The lowest BCUT2D eigenvalue weighted by Gasteiger charge is -2.26. The highest BCUT2D eigenvalue weighted by Crippen LogP contribution is 2.25. The number of ether oxygens (including phenoxy) is 1. The van der Waals surface area contributed by atoms with E-state index in [0.29, 0.717) is 43.7 Å². The minimum absolute atomic E-state index is 0. The molecule has 152 valence electrons. The fourth-order valence-electron chi connectivity index (χ4n) is 3.25. The van der Waals surface area contributed by atoms with E-state index in [0.717, 1.165) is 12.0 Å². The van der Waals surface area contributed by atoms with Crippen LogP contribution in [0.15, 0.2) is 42.5 Å². The zero-order chi connectivity index (χ0) is 19.2. The van der Waals surface area contributed by atoms with E-state index in [4.69, 9.17) is 10.5 Å². The molecule has 0 unspecified atom stereocenters. The van der Waals surface area contributed by atoms with Gasteiger partial charge in [-0.25, -0.2) is 4.39 Å². The Balaban J connectivity index is 0.00000280. The van der Waals surface area contributed by atoms with Crippen LogP contribution < -0.4 is 15.8 Å². The maximum Gasteiger partial charge on any atom is 0.254 e. The first-order chi connectivity index (χ1) is 13.0. The van der Waals surface area contributed by atoms with Gasteiger partial charge in [0.2, 0.25) is 0 Å². The minimum atomic E-state index is -0.589. The van der Waals surface area contributed by atoms with E-state index in [2.05, 4.69) is 5.32 Å². The normalized spacial score (nSPS) is 18.8. The number of rotatable bonds is 6. The number of carbonyl (C=O) groups excluding carboxylic acids is 1. The van der Waals surface area contributed by atoms with E-state index in [1.807, 2.05) is 24.3 Å². The zero-order valence-corrected chi connectivity index (χ0v) is 16.4. The van der Waals surface area contributed by atoms with Crippen molar-refractivity contribution in [1.82, 2.24) is 5.32 Å². The standard InChI is InChI=1S/C21H25FN2O3.ClH/c22-20-10-9-18(27-17-7-1-14(2-8-17)11-12-23)13-19(20)21(26)24-15-3-5-16(25)6-4-15;/h1-2,7-10,13,15-16,25H,3-6,11-12,23H2,(H,24,26);1H. The van der Waals surface area contributed by atoms with Crippen LogP contribution in [0.5, 0.6) is 11.5 Å². The van der Waals surface area contributed by atoms with E-state index in [1.54, 1.807) is 0 Å². The molecule has 2 aromatic carbocycles. The lowest BCUT2D eigenvalue weighted by Crippen LogP contribution is -2.38. The SMILES string of the molecule is Cl.NCCc1ccc(Oc2ccc(F)c(C(=O)NC3CCC(O)CC3)c2)cc1. The minimum Gasteiger partial charge on any atom is -0.457 e. The van der Waals surface area contributed by atoms with Gasteiger partial charge in [0.25, 0.3) is 5.91 Å². The molecule has 0 radical (unpaired) electrons. The number of aliphatic hydroxyl groups excluding tert-OH is 1. The Hall–Kier alpha value is -2.15. The molecule has 0 atom stereocenters. The molecular weight excluding hydrogens is 383 g/mol. The molecule has 7 heteroatoms. The molecule has 1 fully saturated rings. The van der Waals surface area contributed by atoms with Crippen molar-refractivity contribution in [2.75, 3.05) is 6.54 Å². The van der Waals surface area contributed by atoms with Crippen molar-refractivity contribution in [2.24, 2.45) is 5.73 Å². The molecular formula is C21H26ClFN2O3. The summed E-state index contributed by atoms with van der Waals surface area (Å²) in [5, 5.41) is 12.4. The van der Waals surface area contributed by atoms with Gasteiger partial charge < -0.3 is 20.9 Å². The van der Waals surface area contributed by atoms with Crippen LogP contribution in [0.3, 0.4) is 0 Å². The van der Waals surface area contributed by atoms with Crippen molar-refractivity contribution in [1.29, 1.82) is 0 Å². The highest BCUT2D eigenvalue weighted by atomic mass is 35.5. The predicted molar refractivity (Wildman–Crippen MR) is 109 cm³/mol. The number of hydrogen-bond donors (Lipinski definition) is 3. The number of nitrogens with two attached hydrogens (primary N) is 1. The van der Waals surface area contributed by atoms with Crippen LogP contribution in [0, 0.1) is 5.82 Å². The fourth-order valence-corrected chi connectivity index (χ4v) is 3.25. The van der Waals surface area contributed by atoms with Crippen molar-refractivity contribution in [3.63, 3.8) is 0 Å². The fraction of sp³-hybridized carbons (Fsp3) is 0.381. The molecule has 1 saturated carbocycles. The first kappa shape index (κ1) is 22.1. The quantitative estimate of drug-likeness (QED) is 0.682. The van der Waals surface area contributed by atoms with Crippen LogP contribution in [0.4, 0.5) is 4.39 Å². The molecule has 0 aliphatic heterocycles. The average molecular weight is 409 g/mol. The van der Waals surface area contributed by atoms with Crippen LogP contribution in [-0.4, -0.2) is 29.7 Å². The highest BCUT2D eigenvalue weighted by molar-refractivity contribution is 5.95. The van der Waals surface area contributed by atoms with E-state index >= 15 is 0 Å². The summed E-state index contributed by atoms with van der Waals surface area (Å²) in [5.41, 5.74) is 6.61. The van der Waals surface area contributed by atoms with Crippen molar-refractivity contribution >= 4 is 18.3 Å². The van der Waals surface area contributed by atoms with Crippen LogP contribution in [0.2, 0.25) is 0 Å². The molecule has 0 bridgehead atoms. The summed E-state index contributed by atoms with van der Waals surface area (Å²) < 4.78 is 19.9. The summed E-state index contributed by atoms with van der Waals surface area (Å²) in [6, 6.07) is 11.6.